The maximum atomic E-state index is 12.5. The molecule has 1 N–H and O–H groups in total. The summed E-state index contributed by atoms with van der Waals surface area (Å²) >= 11 is 0. The van der Waals surface area contributed by atoms with Crippen molar-refractivity contribution in [1.29, 1.82) is 0 Å². The molecule has 8 nitrogen and oxygen atoms in total. The summed E-state index contributed by atoms with van der Waals surface area (Å²) < 4.78 is 8.68. The molecule has 23 heavy (non-hydrogen) atoms. The average molecular weight is 314 g/mol. The summed E-state index contributed by atoms with van der Waals surface area (Å²) in [5.41, 5.74) is 3.00. The smallest absolute Gasteiger partial charge is 0.338 e. The predicted molar refractivity (Wildman–Crippen MR) is 83.6 cm³/mol. The summed E-state index contributed by atoms with van der Waals surface area (Å²) in [6, 6.07) is -0.431. The van der Waals surface area contributed by atoms with Crippen molar-refractivity contribution in [3.8, 4) is 0 Å². The highest BCUT2D eigenvalue weighted by Crippen LogP contribution is 2.36. The standard InChI is InChI=1S/C15H18N6O2/c1-5-6-23-14(22)12-9(2)19-15-16-8-18-21(15)13(12)11-7-17-20(4)10(11)3/h5,7-8,13H,1,6H2,2-4H3,(H,16,18,19). The minimum atomic E-state index is -0.431. The highest BCUT2D eigenvalue weighted by Gasteiger charge is 2.36. The molecule has 0 radical (unpaired) electrons. The van der Waals surface area contributed by atoms with Crippen LogP contribution in [0.3, 0.4) is 0 Å². The minimum absolute atomic E-state index is 0.151. The van der Waals surface area contributed by atoms with Crippen LogP contribution < -0.4 is 5.32 Å². The first kappa shape index (κ1) is 15.0. The van der Waals surface area contributed by atoms with Crippen molar-refractivity contribution in [2.75, 3.05) is 11.9 Å². The van der Waals surface area contributed by atoms with Crippen LogP contribution in [0.15, 0.2) is 36.4 Å². The zero-order chi connectivity index (χ0) is 16.6. The maximum absolute atomic E-state index is 12.5. The molecule has 8 heteroatoms. The van der Waals surface area contributed by atoms with Crippen molar-refractivity contribution < 1.29 is 9.53 Å². The molecule has 1 aliphatic heterocycles. The van der Waals surface area contributed by atoms with Gasteiger partial charge in [0.25, 0.3) is 0 Å². The van der Waals surface area contributed by atoms with Gasteiger partial charge in [0, 0.05) is 24.0 Å². The van der Waals surface area contributed by atoms with Crippen LogP contribution in [0, 0.1) is 6.92 Å². The van der Waals surface area contributed by atoms with Gasteiger partial charge in [0.05, 0.1) is 11.8 Å². The predicted octanol–water partition coefficient (Wildman–Crippen LogP) is 1.34. The summed E-state index contributed by atoms with van der Waals surface area (Å²) in [6.07, 6.45) is 4.73. The average Bonchev–Trinajstić information content (AvgIpc) is 3.11. The molecule has 3 rings (SSSR count). The number of aromatic nitrogens is 5. The number of aryl methyl sites for hydroxylation is 1. The molecule has 0 bridgehead atoms. The quantitative estimate of drug-likeness (QED) is 0.677. The number of hydrogen-bond acceptors (Lipinski definition) is 6. The first-order chi connectivity index (χ1) is 11.0. The van der Waals surface area contributed by atoms with Gasteiger partial charge in [-0.05, 0) is 13.8 Å². The lowest BCUT2D eigenvalue weighted by Crippen LogP contribution is -2.30. The molecule has 0 amide bonds. The van der Waals surface area contributed by atoms with Crippen LogP contribution in [0.25, 0.3) is 0 Å². The van der Waals surface area contributed by atoms with E-state index < -0.39 is 12.0 Å². The lowest BCUT2D eigenvalue weighted by atomic mass is 9.96. The third-order valence-electron chi connectivity index (χ3n) is 3.91. The van der Waals surface area contributed by atoms with Crippen LogP contribution in [-0.2, 0) is 16.6 Å². The van der Waals surface area contributed by atoms with Crippen LogP contribution in [0.2, 0.25) is 0 Å². The van der Waals surface area contributed by atoms with Gasteiger partial charge in [0.15, 0.2) is 0 Å². The third kappa shape index (κ3) is 2.41. The Hall–Kier alpha value is -2.90. The van der Waals surface area contributed by atoms with Gasteiger partial charge in [-0.3, -0.25) is 4.68 Å². The molecule has 1 aliphatic rings. The molecular weight excluding hydrogens is 296 g/mol. The van der Waals surface area contributed by atoms with Gasteiger partial charge in [0.1, 0.15) is 19.0 Å². The summed E-state index contributed by atoms with van der Waals surface area (Å²) in [6.45, 7) is 7.49. The number of carbonyl (C=O) groups is 1. The monoisotopic (exact) mass is 314 g/mol. The van der Waals surface area contributed by atoms with E-state index >= 15 is 0 Å². The van der Waals surface area contributed by atoms with Crippen LogP contribution >= 0.6 is 0 Å². The first-order valence-corrected chi connectivity index (χ1v) is 7.18. The second-order valence-electron chi connectivity index (χ2n) is 5.29. The maximum Gasteiger partial charge on any atom is 0.338 e. The highest BCUT2D eigenvalue weighted by atomic mass is 16.5. The molecule has 0 spiro atoms. The Balaban J connectivity index is 2.13. The largest absolute Gasteiger partial charge is 0.458 e. The van der Waals surface area contributed by atoms with Gasteiger partial charge in [-0.15, -0.1) is 0 Å². The van der Waals surface area contributed by atoms with E-state index in [-0.39, 0.29) is 6.61 Å². The normalized spacial score (nSPS) is 16.7. The Morgan fingerprint density at radius 2 is 2.26 bits per heavy atom. The van der Waals surface area contributed by atoms with Gasteiger partial charge >= 0.3 is 5.97 Å². The fourth-order valence-electron chi connectivity index (χ4n) is 2.64. The van der Waals surface area contributed by atoms with Gasteiger partial charge in [-0.25, -0.2) is 9.48 Å². The summed E-state index contributed by atoms with van der Waals surface area (Å²) in [5.74, 6) is 0.167. The molecular formula is C15H18N6O2. The number of nitrogens with zero attached hydrogens (tertiary/aromatic N) is 5. The molecule has 0 saturated carbocycles. The zero-order valence-electron chi connectivity index (χ0n) is 13.3. The Morgan fingerprint density at radius 1 is 1.48 bits per heavy atom. The molecule has 2 aromatic heterocycles. The van der Waals surface area contributed by atoms with Crippen molar-refractivity contribution in [2.45, 2.75) is 19.9 Å². The van der Waals surface area contributed by atoms with Crippen LogP contribution in [0.5, 0.6) is 0 Å². The fraction of sp³-hybridized carbons (Fsp3) is 0.333. The lowest BCUT2D eigenvalue weighted by Gasteiger charge is -2.27. The summed E-state index contributed by atoms with van der Waals surface area (Å²) in [5, 5.41) is 11.6. The molecule has 3 heterocycles. The second kappa shape index (κ2) is 5.71. The number of hydrogen-bond donors (Lipinski definition) is 1. The Labute approximate surface area is 133 Å². The number of allylic oxidation sites excluding steroid dienone is 1. The lowest BCUT2D eigenvalue weighted by molar-refractivity contribution is -0.138. The van der Waals surface area contributed by atoms with E-state index in [0.29, 0.717) is 17.2 Å². The second-order valence-corrected chi connectivity index (χ2v) is 5.29. The van der Waals surface area contributed by atoms with Gasteiger partial charge in [-0.1, -0.05) is 12.7 Å². The molecule has 1 unspecified atom stereocenters. The fourth-order valence-corrected chi connectivity index (χ4v) is 2.64. The number of fused-ring (bicyclic) bond motifs is 1. The SMILES string of the molecule is C=CCOC(=O)C1=C(C)Nc2ncnn2C1c1cnn(C)c1C. The third-order valence-corrected chi connectivity index (χ3v) is 3.91. The molecule has 0 fully saturated rings. The van der Waals surface area contributed by atoms with Gasteiger partial charge in [0.2, 0.25) is 5.95 Å². The Kier molecular flexibility index (Phi) is 3.73. The van der Waals surface area contributed by atoms with E-state index in [1.807, 2.05) is 20.9 Å². The molecule has 120 valence electrons. The van der Waals surface area contributed by atoms with Gasteiger partial charge < -0.3 is 10.1 Å². The van der Waals surface area contributed by atoms with Crippen LogP contribution in [-0.4, -0.2) is 37.1 Å². The number of carbonyl (C=O) groups excluding carboxylic acids is 1. The van der Waals surface area contributed by atoms with Crippen molar-refractivity contribution in [2.24, 2.45) is 7.05 Å². The highest BCUT2D eigenvalue weighted by molar-refractivity contribution is 5.92. The number of rotatable bonds is 4. The van der Waals surface area contributed by atoms with Crippen LogP contribution in [0.4, 0.5) is 5.95 Å². The topological polar surface area (TPSA) is 86.9 Å². The Bertz CT molecular complexity index is 801. The zero-order valence-corrected chi connectivity index (χ0v) is 13.3. The summed E-state index contributed by atoms with van der Waals surface area (Å²) in [7, 11) is 1.86. The van der Waals surface area contributed by atoms with Gasteiger partial charge in [-0.2, -0.15) is 15.2 Å². The molecule has 2 aromatic rings. The number of ether oxygens (including phenoxy) is 1. The number of nitrogens with one attached hydrogen (secondary N) is 1. The van der Waals surface area contributed by atoms with Crippen LogP contribution in [0.1, 0.15) is 24.2 Å². The van der Waals surface area contributed by atoms with Crippen molar-refractivity contribution in [3.63, 3.8) is 0 Å². The summed E-state index contributed by atoms with van der Waals surface area (Å²) in [4.78, 5) is 16.7. The van der Waals surface area contributed by atoms with Crippen molar-refractivity contribution >= 4 is 11.9 Å². The van der Waals surface area contributed by atoms with E-state index in [9.17, 15) is 4.79 Å². The van der Waals surface area contributed by atoms with E-state index in [2.05, 4.69) is 27.1 Å². The number of anilines is 1. The van der Waals surface area contributed by atoms with E-state index in [1.54, 1.807) is 15.6 Å². The molecule has 1 atom stereocenters. The van der Waals surface area contributed by atoms with Crippen molar-refractivity contribution in [3.05, 3.63) is 47.7 Å². The minimum Gasteiger partial charge on any atom is -0.458 e. The number of esters is 1. The molecule has 0 aromatic carbocycles. The van der Waals surface area contributed by atoms with E-state index in [4.69, 9.17) is 4.74 Å². The first-order valence-electron chi connectivity index (χ1n) is 7.18. The Morgan fingerprint density at radius 3 is 2.91 bits per heavy atom. The van der Waals surface area contributed by atoms with Crippen molar-refractivity contribution in [1.82, 2.24) is 24.5 Å². The van der Waals surface area contributed by atoms with E-state index in [0.717, 1.165) is 11.3 Å². The molecule has 0 aliphatic carbocycles. The molecule has 0 saturated heterocycles. The van der Waals surface area contributed by atoms with E-state index in [1.165, 1.54) is 12.4 Å².